The Hall–Kier alpha value is -2.51. The maximum Gasteiger partial charge on any atom is 0.253 e. The Kier molecular flexibility index (Phi) is 4.49. The lowest BCUT2D eigenvalue weighted by Crippen LogP contribution is -2.20. The summed E-state index contributed by atoms with van der Waals surface area (Å²) in [7, 11) is 0. The van der Waals surface area contributed by atoms with Crippen molar-refractivity contribution in [3.63, 3.8) is 0 Å². The molecule has 0 aliphatic heterocycles. The second-order valence-electron chi connectivity index (χ2n) is 7.06. The Labute approximate surface area is 170 Å². The van der Waals surface area contributed by atoms with Crippen molar-refractivity contribution in [1.82, 2.24) is 19.6 Å². The van der Waals surface area contributed by atoms with E-state index in [9.17, 15) is 4.79 Å². The Bertz CT molecular complexity index is 1150. The number of nitrogens with zero attached hydrogens (tertiary/aromatic N) is 4. The molecule has 1 aromatic carbocycles. The molecule has 1 aliphatic carbocycles. The normalized spacial score (nSPS) is 16.5. The van der Waals surface area contributed by atoms with Crippen molar-refractivity contribution in [2.75, 3.05) is 0 Å². The van der Waals surface area contributed by atoms with Crippen LogP contribution in [0, 0.1) is 6.92 Å². The summed E-state index contributed by atoms with van der Waals surface area (Å²) >= 11 is 3.28. The zero-order chi connectivity index (χ0) is 19.1. The van der Waals surface area contributed by atoms with Crippen molar-refractivity contribution in [3.8, 4) is 0 Å². The molecule has 1 atom stereocenters. The first kappa shape index (κ1) is 17.6. The SMILES string of the molecule is Cc1ccc(CSc2nc3nc4c(cn3n2)C(=O)C[C@H](c2cccs2)C4)cc1. The maximum absolute atomic E-state index is 12.7. The largest absolute Gasteiger partial charge is 0.294 e. The van der Waals surface area contributed by atoms with Gasteiger partial charge in [-0.3, -0.25) is 4.79 Å². The highest BCUT2D eigenvalue weighted by molar-refractivity contribution is 7.98. The van der Waals surface area contributed by atoms with Gasteiger partial charge in [-0.1, -0.05) is 47.7 Å². The van der Waals surface area contributed by atoms with Gasteiger partial charge < -0.3 is 0 Å². The van der Waals surface area contributed by atoms with Crippen LogP contribution in [0.1, 0.15) is 44.4 Å². The summed E-state index contributed by atoms with van der Waals surface area (Å²) in [5.41, 5.74) is 4.00. The van der Waals surface area contributed by atoms with Crippen molar-refractivity contribution in [3.05, 3.63) is 75.2 Å². The van der Waals surface area contributed by atoms with Crippen LogP contribution in [0.25, 0.3) is 5.78 Å². The first-order valence-electron chi connectivity index (χ1n) is 9.17. The lowest BCUT2D eigenvalue weighted by atomic mass is 9.86. The van der Waals surface area contributed by atoms with Crippen molar-refractivity contribution in [1.29, 1.82) is 0 Å². The number of fused-ring (bicyclic) bond motifs is 2. The maximum atomic E-state index is 12.7. The summed E-state index contributed by atoms with van der Waals surface area (Å²) in [5, 5.41) is 7.25. The zero-order valence-corrected chi connectivity index (χ0v) is 17.0. The number of Topliss-reactive ketones (excluding diaryl/α,β-unsaturated/α-hetero) is 1. The van der Waals surface area contributed by atoms with E-state index in [0.29, 0.717) is 22.9 Å². The first-order valence-corrected chi connectivity index (χ1v) is 11.0. The fraction of sp³-hybridized carbons (Fsp3) is 0.238. The summed E-state index contributed by atoms with van der Waals surface area (Å²) in [6.45, 7) is 2.08. The number of ketones is 1. The number of carbonyl (C=O) groups is 1. The zero-order valence-electron chi connectivity index (χ0n) is 15.3. The first-order chi connectivity index (χ1) is 13.7. The van der Waals surface area contributed by atoms with Gasteiger partial charge in [-0.15, -0.1) is 16.4 Å². The van der Waals surface area contributed by atoms with Gasteiger partial charge in [0.15, 0.2) is 5.78 Å². The molecule has 0 saturated heterocycles. The van der Waals surface area contributed by atoms with E-state index in [1.54, 1.807) is 33.8 Å². The third-order valence-electron chi connectivity index (χ3n) is 5.00. The van der Waals surface area contributed by atoms with Gasteiger partial charge in [0, 0.05) is 29.2 Å². The van der Waals surface area contributed by atoms with Crippen LogP contribution in [0.4, 0.5) is 0 Å². The van der Waals surface area contributed by atoms with Gasteiger partial charge in [0.1, 0.15) is 0 Å². The minimum atomic E-state index is 0.137. The van der Waals surface area contributed by atoms with Crippen LogP contribution in [0.15, 0.2) is 53.1 Å². The average Bonchev–Trinajstić information content (AvgIpc) is 3.35. The molecule has 3 heterocycles. The van der Waals surface area contributed by atoms with Crippen molar-refractivity contribution < 1.29 is 4.79 Å². The summed E-state index contributed by atoms with van der Waals surface area (Å²) < 4.78 is 1.64. The van der Waals surface area contributed by atoms with E-state index in [1.165, 1.54) is 16.0 Å². The molecule has 5 rings (SSSR count). The number of thioether (sulfide) groups is 1. The molecule has 0 saturated carbocycles. The highest BCUT2D eigenvalue weighted by Crippen LogP contribution is 2.34. The minimum absolute atomic E-state index is 0.137. The van der Waals surface area contributed by atoms with Gasteiger partial charge in [-0.05, 0) is 30.4 Å². The lowest BCUT2D eigenvalue weighted by molar-refractivity contribution is 0.0963. The summed E-state index contributed by atoms with van der Waals surface area (Å²) in [6.07, 6.45) is 3.11. The second kappa shape index (κ2) is 7.14. The number of aryl methyl sites for hydroxylation is 1. The molecule has 0 fully saturated rings. The van der Waals surface area contributed by atoms with Crippen LogP contribution in [-0.4, -0.2) is 25.4 Å². The van der Waals surface area contributed by atoms with E-state index in [2.05, 4.69) is 57.7 Å². The second-order valence-corrected chi connectivity index (χ2v) is 8.98. The number of benzene rings is 1. The number of aromatic nitrogens is 4. The van der Waals surface area contributed by atoms with Gasteiger partial charge in [-0.2, -0.15) is 4.98 Å². The van der Waals surface area contributed by atoms with E-state index >= 15 is 0 Å². The van der Waals surface area contributed by atoms with Crippen LogP contribution < -0.4 is 0 Å². The van der Waals surface area contributed by atoms with E-state index in [-0.39, 0.29) is 11.7 Å². The standard InChI is InChI=1S/C21H18N4OS2/c1-13-4-6-14(7-5-13)12-28-21-23-20-22-17-9-15(19-3-2-8-27-19)10-18(26)16(17)11-25(20)24-21/h2-8,11,15H,9-10,12H2,1H3/t15-/m1/s1. The Morgan fingerprint density at radius 3 is 2.82 bits per heavy atom. The molecule has 0 N–H and O–H groups in total. The van der Waals surface area contributed by atoms with Crippen LogP contribution in [0.3, 0.4) is 0 Å². The van der Waals surface area contributed by atoms with E-state index < -0.39 is 0 Å². The lowest BCUT2D eigenvalue weighted by Gasteiger charge is -2.21. The van der Waals surface area contributed by atoms with Crippen LogP contribution >= 0.6 is 23.1 Å². The monoisotopic (exact) mass is 406 g/mol. The molecule has 4 aromatic rings. The Morgan fingerprint density at radius 1 is 1.18 bits per heavy atom. The molecule has 0 amide bonds. The summed E-state index contributed by atoms with van der Waals surface area (Å²) in [6, 6.07) is 12.6. The molecular weight excluding hydrogens is 388 g/mol. The third-order valence-corrected chi connectivity index (χ3v) is 6.94. The number of hydrogen-bond donors (Lipinski definition) is 0. The summed E-state index contributed by atoms with van der Waals surface area (Å²) in [4.78, 5) is 23.2. The Morgan fingerprint density at radius 2 is 2.04 bits per heavy atom. The van der Waals surface area contributed by atoms with E-state index in [1.807, 2.05) is 6.07 Å². The van der Waals surface area contributed by atoms with Gasteiger partial charge in [0.25, 0.3) is 5.78 Å². The van der Waals surface area contributed by atoms with Crippen molar-refractivity contribution in [2.24, 2.45) is 0 Å². The van der Waals surface area contributed by atoms with Gasteiger partial charge >= 0.3 is 0 Å². The highest BCUT2D eigenvalue weighted by atomic mass is 32.2. The topological polar surface area (TPSA) is 60.1 Å². The van der Waals surface area contributed by atoms with Crippen LogP contribution in [0.5, 0.6) is 0 Å². The van der Waals surface area contributed by atoms with Crippen molar-refractivity contribution >= 4 is 34.7 Å². The molecule has 1 aliphatic rings. The molecule has 0 spiro atoms. The van der Waals surface area contributed by atoms with E-state index in [4.69, 9.17) is 0 Å². The molecule has 28 heavy (non-hydrogen) atoms. The number of hydrogen-bond acceptors (Lipinski definition) is 6. The Balaban J connectivity index is 1.40. The molecule has 140 valence electrons. The third kappa shape index (κ3) is 3.36. The molecular formula is C21H18N4OS2. The number of rotatable bonds is 4. The quantitative estimate of drug-likeness (QED) is 0.460. The fourth-order valence-electron chi connectivity index (χ4n) is 3.48. The van der Waals surface area contributed by atoms with Crippen LogP contribution in [0.2, 0.25) is 0 Å². The fourth-order valence-corrected chi connectivity index (χ4v) is 5.09. The molecule has 0 unspecified atom stereocenters. The highest BCUT2D eigenvalue weighted by Gasteiger charge is 2.29. The summed E-state index contributed by atoms with van der Waals surface area (Å²) in [5.74, 6) is 1.72. The average molecular weight is 407 g/mol. The molecule has 0 radical (unpaired) electrons. The molecule has 5 nitrogen and oxygen atoms in total. The predicted molar refractivity (Wildman–Crippen MR) is 111 cm³/mol. The molecule has 3 aromatic heterocycles. The minimum Gasteiger partial charge on any atom is -0.294 e. The van der Waals surface area contributed by atoms with E-state index in [0.717, 1.165) is 17.9 Å². The molecule has 0 bridgehead atoms. The van der Waals surface area contributed by atoms with Crippen LogP contribution in [-0.2, 0) is 12.2 Å². The molecule has 7 heteroatoms. The smallest absolute Gasteiger partial charge is 0.253 e. The number of carbonyl (C=O) groups excluding carboxylic acids is 1. The predicted octanol–water partition coefficient (Wildman–Crippen LogP) is 4.70. The van der Waals surface area contributed by atoms with Crippen molar-refractivity contribution in [2.45, 2.75) is 36.6 Å². The van der Waals surface area contributed by atoms with Gasteiger partial charge in [0.2, 0.25) is 5.16 Å². The number of thiophene rings is 1. The van der Waals surface area contributed by atoms with Gasteiger partial charge in [0.05, 0.1) is 11.3 Å². The van der Waals surface area contributed by atoms with Gasteiger partial charge in [-0.25, -0.2) is 9.50 Å².